The zero-order valence-corrected chi connectivity index (χ0v) is 11.8. The lowest BCUT2D eigenvalue weighted by atomic mass is 9.92. The average molecular weight is 276 g/mol. The van der Waals surface area contributed by atoms with Crippen LogP contribution in [-0.2, 0) is 4.79 Å². The standard InChI is InChI=1S/C15H20N2O3/c1-10-5-3-4-6-13(10)16-15(20)17-8-7-12(14(18)19)9-11(17)2/h3-6,11-12H,7-9H2,1-2H3,(H,16,20)(H,18,19). The Morgan fingerprint density at radius 2 is 2.05 bits per heavy atom. The molecule has 2 rings (SSSR count). The molecule has 1 saturated heterocycles. The molecule has 1 heterocycles. The molecule has 2 amide bonds. The number of piperidine rings is 1. The number of aliphatic carboxylic acids is 1. The van der Waals surface area contributed by atoms with Gasteiger partial charge in [0.15, 0.2) is 0 Å². The Labute approximate surface area is 118 Å². The fourth-order valence-corrected chi connectivity index (χ4v) is 2.60. The van der Waals surface area contributed by atoms with Crippen molar-refractivity contribution in [2.75, 3.05) is 11.9 Å². The van der Waals surface area contributed by atoms with Crippen molar-refractivity contribution < 1.29 is 14.7 Å². The number of carboxylic acids is 1. The van der Waals surface area contributed by atoms with Gasteiger partial charge in [-0.3, -0.25) is 4.79 Å². The first-order valence-electron chi connectivity index (χ1n) is 6.85. The number of carboxylic acid groups (broad SMARTS) is 1. The molecular formula is C15H20N2O3. The van der Waals surface area contributed by atoms with Crippen LogP contribution in [0.4, 0.5) is 10.5 Å². The SMILES string of the molecule is Cc1ccccc1NC(=O)N1CCC(C(=O)O)CC1C. The van der Waals surface area contributed by atoms with E-state index in [9.17, 15) is 9.59 Å². The highest BCUT2D eigenvalue weighted by molar-refractivity contribution is 5.90. The van der Waals surface area contributed by atoms with Gasteiger partial charge in [-0.2, -0.15) is 0 Å². The van der Waals surface area contributed by atoms with Gasteiger partial charge in [0.25, 0.3) is 0 Å². The van der Waals surface area contributed by atoms with Crippen molar-refractivity contribution >= 4 is 17.7 Å². The van der Waals surface area contributed by atoms with Crippen molar-refractivity contribution in [3.05, 3.63) is 29.8 Å². The molecule has 108 valence electrons. The Hall–Kier alpha value is -2.04. The molecule has 1 fully saturated rings. The fraction of sp³-hybridized carbons (Fsp3) is 0.467. The zero-order chi connectivity index (χ0) is 14.7. The van der Waals surface area contributed by atoms with Crippen LogP contribution < -0.4 is 5.32 Å². The van der Waals surface area contributed by atoms with Gasteiger partial charge in [-0.1, -0.05) is 18.2 Å². The van der Waals surface area contributed by atoms with E-state index < -0.39 is 5.97 Å². The molecule has 0 saturated carbocycles. The number of benzene rings is 1. The largest absolute Gasteiger partial charge is 0.481 e. The van der Waals surface area contributed by atoms with E-state index >= 15 is 0 Å². The van der Waals surface area contributed by atoms with Crippen LogP contribution in [0.3, 0.4) is 0 Å². The third-order valence-electron chi connectivity index (χ3n) is 3.87. The van der Waals surface area contributed by atoms with Gasteiger partial charge in [0.1, 0.15) is 0 Å². The Bertz CT molecular complexity index is 516. The second-order valence-electron chi connectivity index (χ2n) is 5.35. The van der Waals surface area contributed by atoms with Crippen LogP contribution in [0.1, 0.15) is 25.3 Å². The van der Waals surface area contributed by atoms with E-state index in [1.54, 1.807) is 4.90 Å². The van der Waals surface area contributed by atoms with E-state index in [1.807, 2.05) is 38.1 Å². The number of hydrogen-bond acceptors (Lipinski definition) is 2. The van der Waals surface area contributed by atoms with E-state index in [1.165, 1.54) is 0 Å². The predicted octanol–water partition coefficient (Wildman–Crippen LogP) is 2.71. The molecule has 0 spiro atoms. The van der Waals surface area contributed by atoms with Gasteiger partial charge in [-0.15, -0.1) is 0 Å². The quantitative estimate of drug-likeness (QED) is 0.872. The number of nitrogens with zero attached hydrogens (tertiary/aromatic N) is 1. The van der Waals surface area contributed by atoms with Gasteiger partial charge >= 0.3 is 12.0 Å². The number of hydrogen-bond donors (Lipinski definition) is 2. The Morgan fingerprint density at radius 3 is 2.65 bits per heavy atom. The van der Waals surface area contributed by atoms with Gasteiger partial charge in [0.2, 0.25) is 0 Å². The van der Waals surface area contributed by atoms with Crippen LogP contribution >= 0.6 is 0 Å². The molecule has 2 N–H and O–H groups in total. The topological polar surface area (TPSA) is 69.6 Å². The maximum Gasteiger partial charge on any atom is 0.322 e. The highest BCUT2D eigenvalue weighted by Crippen LogP contribution is 2.24. The second-order valence-corrected chi connectivity index (χ2v) is 5.35. The predicted molar refractivity (Wildman–Crippen MR) is 76.7 cm³/mol. The van der Waals surface area contributed by atoms with Gasteiger partial charge in [-0.25, -0.2) is 4.79 Å². The first-order chi connectivity index (χ1) is 9.49. The number of carbonyl (C=O) groups is 2. The van der Waals surface area contributed by atoms with Gasteiger partial charge < -0.3 is 15.3 Å². The van der Waals surface area contributed by atoms with E-state index in [0.717, 1.165) is 11.3 Å². The van der Waals surface area contributed by atoms with Crippen LogP contribution in [0.25, 0.3) is 0 Å². The van der Waals surface area contributed by atoms with Crippen molar-refractivity contribution in [1.29, 1.82) is 0 Å². The number of aryl methyl sites for hydroxylation is 1. The number of nitrogens with one attached hydrogen (secondary N) is 1. The van der Waals surface area contributed by atoms with E-state index in [-0.39, 0.29) is 18.0 Å². The summed E-state index contributed by atoms with van der Waals surface area (Å²) in [6.07, 6.45) is 1.03. The summed E-state index contributed by atoms with van der Waals surface area (Å²) in [4.78, 5) is 25.0. The number of para-hydroxylation sites is 1. The van der Waals surface area contributed by atoms with Crippen LogP contribution in [0.2, 0.25) is 0 Å². The molecule has 2 unspecified atom stereocenters. The molecule has 5 heteroatoms. The van der Waals surface area contributed by atoms with E-state index in [2.05, 4.69) is 5.32 Å². The summed E-state index contributed by atoms with van der Waals surface area (Å²) in [7, 11) is 0. The minimum atomic E-state index is -0.768. The minimum Gasteiger partial charge on any atom is -0.481 e. The summed E-state index contributed by atoms with van der Waals surface area (Å²) in [5.41, 5.74) is 1.80. The average Bonchev–Trinajstić information content (AvgIpc) is 2.41. The molecule has 2 atom stereocenters. The van der Waals surface area contributed by atoms with E-state index in [4.69, 9.17) is 5.11 Å². The summed E-state index contributed by atoms with van der Waals surface area (Å²) in [6.45, 7) is 4.32. The number of likely N-dealkylation sites (tertiary alicyclic amines) is 1. The number of anilines is 1. The van der Waals surface area contributed by atoms with Crippen molar-refractivity contribution in [2.24, 2.45) is 5.92 Å². The monoisotopic (exact) mass is 276 g/mol. The molecule has 0 radical (unpaired) electrons. The van der Waals surface area contributed by atoms with Crippen LogP contribution in [0, 0.1) is 12.8 Å². The first kappa shape index (κ1) is 14.4. The van der Waals surface area contributed by atoms with Crippen LogP contribution in [0.5, 0.6) is 0 Å². The third kappa shape index (κ3) is 3.10. The minimum absolute atomic E-state index is 0.0612. The van der Waals surface area contributed by atoms with E-state index in [0.29, 0.717) is 19.4 Å². The molecule has 1 aromatic carbocycles. The van der Waals surface area contributed by atoms with Crippen molar-refractivity contribution in [3.8, 4) is 0 Å². The second kappa shape index (κ2) is 5.94. The zero-order valence-electron chi connectivity index (χ0n) is 11.8. The normalized spacial score (nSPS) is 22.4. The third-order valence-corrected chi connectivity index (χ3v) is 3.87. The van der Waals surface area contributed by atoms with Crippen LogP contribution in [-0.4, -0.2) is 34.6 Å². The lowest BCUT2D eigenvalue weighted by Gasteiger charge is -2.36. The molecular weight excluding hydrogens is 256 g/mol. The summed E-state index contributed by atoms with van der Waals surface area (Å²) < 4.78 is 0. The fourth-order valence-electron chi connectivity index (χ4n) is 2.60. The maximum absolute atomic E-state index is 12.3. The van der Waals surface area contributed by atoms with Gasteiger partial charge in [0.05, 0.1) is 5.92 Å². The Kier molecular flexibility index (Phi) is 4.27. The lowest BCUT2D eigenvalue weighted by molar-refractivity contribution is -0.143. The summed E-state index contributed by atoms with van der Waals surface area (Å²) >= 11 is 0. The van der Waals surface area contributed by atoms with Crippen molar-refractivity contribution in [2.45, 2.75) is 32.7 Å². The van der Waals surface area contributed by atoms with Crippen molar-refractivity contribution in [3.63, 3.8) is 0 Å². The van der Waals surface area contributed by atoms with Gasteiger partial charge in [-0.05, 0) is 38.3 Å². The maximum atomic E-state index is 12.3. The molecule has 0 aromatic heterocycles. The summed E-state index contributed by atoms with van der Waals surface area (Å²) in [5.74, 6) is -1.11. The van der Waals surface area contributed by atoms with Crippen LogP contribution in [0.15, 0.2) is 24.3 Å². The van der Waals surface area contributed by atoms with Crippen molar-refractivity contribution in [1.82, 2.24) is 4.90 Å². The molecule has 5 nitrogen and oxygen atoms in total. The highest BCUT2D eigenvalue weighted by Gasteiger charge is 2.32. The number of urea groups is 1. The molecule has 1 aliphatic heterocycles. The number of rotatable bonds is 2. The van der Waals surface area contributed by atoms with Gasteiger partial charge in [0, 0.05) is 18.3 Å². The molecule has 0 aliphatic carbocycles. The molecule has 0 bridgehead atoms. The number of carbonyl (C=O) groups excluding carboxylic acids is 1. The Balaban J connectivity index is 2.00. The molecule has 1 aliphatic rings. The summed E-state index contributed by atoms with van der Waals surface area (Å²) in [6, 6.07) is 7.39. The first-order valence-corrected chi connectivity index (χ1v) is 6.85. The lowest BCUT2D eigenvalue weighted by Crippen LogP contribution is -2.47. The number of amides is 2. The molecule has 1 aromatic rings. The highest BCUT2D eigenvalue weighted by atomic mass is 16.4. The molecule has 20 heavy (non-hydrogen) atoms. The Morgan fingerprint density at radius 1 is 1.35 bits per heavy atom. The summed E-state index contributed by atoms with van der Waals surface area (Å²) in [5, 5.41) is 11.9. The smallest absolute Gasteiger partial charge is 0.322 e.